The third kappa shape index (κ3) is 3.90. The highest BCUT2D eigenvalue weighted by Gasteiger charge is 2.21. The van der Waals surface area contributed by atoms with Crippen LogP contribution in [0.15, 0.2) is 156 Å². The van der Waals surface area contributed by atoms with Crippen LogP contribution in [0.1, 0.15) is 18.2 Å². The Morgan fingerprint density at radius 1 is 0.500 bits per heavy atom. The molecule has 6 aromatic carbocycles. The predicted molar refractivity (Wildman–Crippen MR) is 216 cm³/mol. The number of aryl methyl sites for hydroxylation is 1. The molecule has 0 saturated heterocycles. The van der Waals surface area contributed by atoms with Gasteiger partial charge in [0.2, 0.25) is 0 Å². The van der Waals surface area contributed by atoms with Crippen LogP contribution < -0.4 is 0 Å². The lowest BCUT2D eigenvalue weighted by atomic mass is 10.1. The van der Waals surface area contributed by atoms with Crippen molar-refractivity contribution in [3.05, 3.63) is 163 Å². The molecule has 11 rings (SSSR count). The van der Waals surface area contributed by atoms with Gasteiger partial charge >= 0.3 is 0 Å². The van der Waals surface area contributed by atoms with Gasteiger partial charge in [-0.2, -0.15) is 0 Å². The van der Waals surface area contributed by atoms with Crippen molar-refractivity contribution in [1.29, 1.82) is 0 Å². The highest BCUT2D eigenvalue weighted by molar-refractivity contribution is 6.13. The molecule has 0 radical (unpaired) electrons. The standard InChI is InChI=1S/C47H32N4O/c1-3-12-39-29(2)32-13-4-8-17-40(32)51(39)47-46-36(25-26-48-47)38-28-31(22-24-45(38)52-46)50-43-20-11-7-16-35(43)37-27-30(21-23-44(37)50)49-41-18-9-5-14-33(41)34-15-6-10-19-42(34)49/h3-28H,1-2H3/b12-3-. The third-order valence-electron chi connectivity index (χ3n) is 10.8. The molecule has 0 N–H and O–H groups in total. The van der Waals surface area contributed by atoms with Gasteiger partial charge in [-0.1, -0.05) is 78.9 Å². The van der Waals surface area contributed by atoms with E-state index < -0.39 is 0 Å². The van der Waals surface area contributed by atoms with E-state index >= 15 is 0 Å². The van der Waals surface area contributed by atoms with Crippen LogP contribution in [-0.2, 0) is 0 Å². The predicted octanol–water partition coefficient (Wildman–Crippen LogP) is 12.5. The summed E-state index contributed by atoms with van der Waals surface area (Å²) in [7, 11) is 0. The van der Waals surface area contributed by atoms with Crippen LogP contribution in [0.25, 0.3) is 99.7 Å². The van der Waals surface area contributed by atoms with Gasteiger partial charge in [-0.05, 0) is 92.2 Å². The van der Waals surface area contributed by atoms with Crippen LogP contribution in [0.5, 0.6) is 0 Å². The number of hydrogen-bond acceptors (Lipinski definition) is 2. The molecule has 0 unspecified atom stereocenters. The lowest BCUT2D eigenvalue weighted by Gasteiger charge is -2.10. The van der Waals surface area contributed by atoms with Crippen LogP contribution in [0.2, 0.25) is 0 Å². The van der Waals surface area contributed by atoms with Crippen LogP contribution in [-0.4, -0.2) is 18.7 Å². The Bertz CT molecular complexity index is 3220. The summed E-state index contributed by atoms with van der Waals surface area (Å²) < 4.78 is 13.7. The van der Waals surface area contributed by atoms with E-state index in [1.165, 1.54) is 43.5 Å². The normalized spacial score (nSPS) is 12.3. The quantitative estimate of drug-likeness (QED) is 0.187. The number of aromatic nitrogens is 4. The summed E-state index contributed by atoms with van der Waals surface area (Å²) in [5.41, 5.74) is 12.0. The molecule has 0 fully saturated rings. The van der Waals surface area contributed by atoms with Crippen molar-refractivity contribution in [1.82, 2.24) is 18.7 Å². The maximum Gasteiger partial charge on any atom is 0.181 e. The molecule has 0 bridgehead atoms. The summed E-state index contributed by atoms with van der Waals surface area (Å²) in [6.07, 6.45) is 6.14. The average Bonchev–Trinajstić information content (AvgIpc) is 3.91. The summed E-state index contributed by atoms with van der Waals surface area (Å²) in [6, 6.07) is 50.1. The monoisotopic (exact) mass is 668 g/mol. The fourth-order valence-corrected chi connectivity index (χ4v) is 8.56. The van der Waals surface area contributed by atoms with Gasteiger partial charge < -0.3 is 13.6 Å². The maximum absolute atomic E-state index is 6.68. The van der Waals surface area contributed by atoms with Crippen molar-refractivity contribution in [2.24, 2.45) is 0 Å². The molecule has 246 valence electrons. The topological polar surface area (TPSA) is 40.8 Å². The van der Waals surface area contributed by atoms with E-state index in [2.05, 4.69) is 179 Å². The fraction of sp³-hybridized carbons (Fsp3) is 0.0426. The second kappa shape index (κ2) is 10.8. The molecule has 0 amide bonds. The molecule has 0 atom stereocenters. The van der Waals surface area contributed by atoms with Gasteiger partial charge in [0, 0.05) is 55.3 Å². The maximum atomic E-state index is 6.68. The number of nitrogens with zero attached hydrogens (tertiary/aromatic N) is 4. The molecule has 5 aromatic heterocycles. The summed E-state index contributed by atoms with van der Waals surface area (Å²) in [5, 5.41) is 8.26. The van der Waals surface area contributed by atoms with E-state index in [1.54, 1.807) is 0 Å². The molecule has 0 spiro atoms. The Hall–Kier alpha value is -6.85. The van der Waals surface area contributed by atoms with Gasteiger partial charge in [-0.3, -0.25) is 4.57 Å². The van der Waals surface area contributed by atoms with Crippen LogP contribution in [0.4, 0.5) is 0 Å². The second-order valence-corrected chi connectivity index (χ2v) is 13.6. The Balaban J connectivity index is 1.13. The molecular formula is C47H32N4O. The SMILES string of the molecule is C/C=C\c1c(C)c2ccccc2n1-c1nccc2c1oc1ccc(-n3c4ccccc4c4cc(-n5c6ccccc6c6ccccc65)ccc43)cc12. The minimum atomic E-state index is 0.777. The molecule has 0 saturated carbocycles. The van der Waals surface area contributed by atoms with Crippen LogP contribution in [0.3, 0.4) is 0 Å². The summed E-state index contributed by atoms with van der Waals surface area (Å²) in [4.78, 5) is 4.93. The smallest absolute Gasteiger partial charge is 0.181 e. The highest BCUT2D eigenvalue weighted by atomic mass is 16.3. The first-order valence-corrected chi connectivity index (χ1v) is 17.8. The molecule has 11 aromatic rings. The van der Waals surface area contributed by atoms with Gasteiger partial charge in [0.1, 0.15) is 5.58 Å². The van der Waals surface area contributed by atoms with E-state index in [4.69, 9.17) is 9.40 Å². The molecule has 5 heteroatoms. The van der Waals surface area contributed by atoms with Gasteiger partial charge in [0.05, 0.1) is 33.3 Å². The number of hydrogen-bond donors (Lipinski definition) is 0. The number of allylic oxidation sites excluding steroid dienone is 1. The van der Waals surface area contributed by atoms with E-state index in [-0.39, 0.29) is 0 Å². The molecular weight excluding hydrogens is 637 g/mol. The summed E-state index contributed by atoms with van der Waals surface area (Å²) >= 11 is 0. The Morgan fingerprint density at radius 3 is 1.65 bits per heavy atom. The van der Waals surface area contributed by atoms with Crippen LogP contribution >= 0.6 is 0 Å². The molecule has 0 aliphatic carbocycles. The fourth-order valence-electron chi connectivity index (χ4n) is 8.56. The van der Waals surface area contributed by atoms with Gasteiger partial charge in [-0.25, -0.2) is 4.98 Å². The summed E-state index contributed by atoms with van der Waals surface area (Å²) in [5.74, 6) is 0.794. The van der Waals surface area contributed by atoms with Gasteiger partial charge in [0.15, 0.2) is 11.4 Å². The lowest BCUT2D eigenvalue weighted by Crippen LogP contribution is -2.00. The van der Waals surface area contributed by atoms with Crippen LogP contribution in [0, 0.1) is 6.92 Å². The lowest BCUT2D eigenvalue weighted by molar-refractivity contribution is 0.662. The first-order chi connectivity index (χ1) is 25.7. The van der Waals surface area contributed by atoms with Gasteiger partial charge in [-0.15, -0.1) is 0 Å². The number of fused-ring (bicyclic) bond motifs is 10. The minimum Gasteiger partial charge on any atom is -0.452 e. The number of furan rings is 1. The largest absolute Gasteiger partial charge is 0.452 e. The van der Waals surface area contributed by atoms with E-state index in [1.807, 2.05) is 6.20 Å². The molecule has 5 heterocycles. The first kappa shape index (κ1) is 28.9. The molecule has 52 heavy (non-hydrogen) atoms. The Labute approximate surface area is 298 Å². The van der Waals surface area contributed by atoms with Crippen molar-refractivity contribution in [2.45, 2.75) is 13.8 Å². The van der Waals surface area contributed by atoms with Crippen molar-refractivity contribution in [2.75, 3.05) is 0 Å². The van der Waals surface area contributed by atoms with E-state index in [0.29, 0.717) is 0 Å². The number of rotatable bonds is 4. The van der Waals surface area contributed by atoms with Crippen molar-refractivity contribution < 1.29 is 4.42 Å². The average molecular weight is 669 g/mol. The molecule has 0 aliphatic heterocycles. The third-order valence-corrected chi connectivity index (χ3v) is 10.8. The van der Waals surface area contributed by atoms with Crippen molar-refractivity contribution >= 4 is 82.5 Å². The Morgan fingerprint density at radius 2 is 1.02 bits per heavy atom. The molecule has 0 aliphatic rings. The summed E-state index contributed by atoms with van der Waals surface area (Å²) in [6.45, 7) is 4.23. The number of pyridine rings is 1. The van der Waals surface area contributed by atoms with Crippen molar-refractivity contribution in [3.8, 4) is 17.2 Å². The zero-order valence-electron chi connectivity index (χ0n) is 28.7. The number of para-hydroxylation sites is 4. The Kier molecular flexibility index (Phi) is 6.02. The zero-order valence-corrected chi connectivity index (χ0v) is 28.7. The van der Waals surface area contributed by atoms with Crippen molar-refractivity contribution in [3.63, 3.8) is 0 Å². The second-order valence-electron chi connectivity index (χ2n) is 13.6. The van der Waals surface area contributed by atoms with E-state index in [0.717, 1.165) is 61.4 Å². The molecule has 5 nitrogen and oxygen atoms in total. The first-order valence-electron chi connectivity index (χ1n) is 17.8. The highest BCUT2D eigenvalue weighted by Crippen LogP contribution is 2.40. The zero-order chi connectivity index (χ0) is 34.5. The minimum absolute atomic E-state index is 0.777. The van der Waals surface area contributed by atoms with Gasteiger partial charge in [0.25, 0.3) is 0 Å². The van der Waals surface area contributed by atoms with E-state index in [9.17, 15) is 0 Å². The number of benzene rings is 6.